The minimum absolute atomic E-state index is 0.0960. The molecular weight excluding hydrogens is 252 g/mol. The number of halogens is 1. The maximum atomic E-state index is 8.68. The fraction of sp³-hybridized carbons (Fsp3) is 0. The van der Waals surface area contributed by atoms with Crippen molar-refractivity contribution in [2.75, 3.05) is 16.8 Å². The van der Waals surface area contributed by atoms with E-state index in [0.717, 1.165) is 0 Å². The number of nitrogens with two attached hydrogens (primary N) is 2. The van der Waals surface area contributed by atoms with Crippen molar-refractivity contribution in [2.24, 2.45) is 0 Å². The van der Waals surface area contributed by atoms with Crippen LogP contribution in [0.3, 0.4) is 0 Å². The minimum atomic E-state index is 0.0960. The fourth-order valence-corrected chi connectivity index (χ4v) is 1.45. The molecule has 0 aliphatic heterocycles. The first-order valence-corrected chi connectivity index (χ1v) is 5.33. The van der Waals surface area contributed by atoms with E-state index in [9.17, 15) is 0 Å². The Bertz CT molecular complexity index is 593. The third kappa shape index (κ3) is 2.42. The SMILES string of the molecule is N#Cc1ccc(Nc2nc(N)c(N)c(Cl)n2)cc1. The molecule has 0 aliphatic carbocycles. The van der Waals surface area contributed by atoms with Crippen molar-refractivity contribution in [1.29, 1.82) is 5.26 Å². The number of rotatable bonds is 2. The van der Waals surface area contributed by atoms with Crippen molar-refractivity contribution in [1.82, 2.24) is 9.97 Å². The molecule has 1 aromatic heterocycles. The second kappa shape index (κ2) is 4.77. The summed E-state index contributed by atoms with van der Waals surface area (Å²) in [6, 6.07) is 8.82. The zero-order valence-corrected chi connectivity index (χ0v) is 9.94. The van der Waals surface area contributed by atoms with Crippen LogP contribution in [0.5, 0.6) is 0 Å². The number of nitriles is 1. The summed E-state index contributed by atoms with van der Waals surface area (Å²) in [6.45, 7) is 0. The first kappa shape index (κ1) is 12.0. The number of benzene rings is 1. The first-order chi connectivity index (χ1) is 8.60. The van der Waals surface area contributed by atoms with Gasteiger partial charge >= 0.3 is 0 Å². The van der Waals surface area contributed by atoms with Crippen LogP contribution in [-0.4, -0.2) is 9.97 Å². The molecule has 0 amide bonds. The molecule has 0 aliphatic rings. The molecule has 2 aromatic rings. The number of anilines is 4. The van der Waals surface area contributed by atoms with Crippen molar-refractivity contribution in [3.63, 3.8) is 0 Å². The molecule has 0 atom stereocenters. The van der Waals surface area contributed by atoms with Gasteiger partial charge in [-0.2, -0.15) is 15.2 Å². The molecule has 0 unspecified atom stereocenters. The van der Waals surface area contributed by atoms with Gasteiger partial charge in [-0.1, -0.05) is 11.6 Å². The lowest BCUT2D eigenvalue weighted by atomic mass is 10.2. The summed E-state index contributed by atoms with van der Waals surface area (Å²) >= 11 is 5.79. The van der Waals surface area contributed by atoms with Crippen molar-refractivity contribution >= 4 is 34.7 Å². The Morgan fingerprint density at radius 3 is 2.39 bits per heavy atom. The second-order valence-corrected chi connectivity index (χ2v) is 3.81. The fourth-order valence-electron chi connectivity index (χ4n) is 1.27. The lowest BCUT2D eigenvalue weighted by molar-refractivity contribution is 1.18. The topological polar surface area (TPSA) is 114 Å². The van der Waals surface area contributed by atoms with Crippen LogP contribution in [0.2, 0.25) is 5.15 Å². The van der Waals surface area contributed by atoms with Gasteiger partial charge in [0, 0.05) is 5.69 Å². The van der Waals surface area contributed by atoms with Gasteiger partial charge in [-0.15, -0.1) is 0 Å². The van der Waals surface area contributed by atoms with Crippen LogP contribution < -0.4 is 16.8 Å². The summed E-state index contributed by atoms with van der Waals surface area (Å²) in [4.78, 5) is 7.90. The van der Waals surface area contributed by atoms with Crippen LogP contribution >= 0.6 is 11.6 Å². The molecule has 0 bridgehead atoms. The molecule has 90 valence electrons. The Morgan fingerprint density at radius 1 is 1.17 bits per heavy atom. The Morgan fingerprint density at radius 2 is 1.83 bits per heavy atom. The molecule has 6 nitrogen and oxygen atoms in total. The van der Waals surface area contributed by atoms with E-state index in [4.69, 9.17) is 28.3 Å². The zero-order valence-electron chi connectivity index (χ0n) is 9.18. The average Bonchev–Trinajstić information content (AvgIpc) is 2.37. The van der Waals surface area contributed by atoms with Gasteiger partial charge in [0.05, 0.1) is 11.6 Å². The average molecular weight is 261 g/mol. The van der Waals surface area contributed by atoms with Crippen LogP contribution in [0, 0.1) is 11.3 Å². The van der Waals surface area contributed by atoms with E-state index in [-0.39, 0.29) is 22.6 Å². The Hall–Kier alpha value is -2.52. The number of aromatic nitrogens is 2. The van der Waals surface area contributed by atoms with Gasteiger partial charge in [0.25, 0.3) is 0 Å². The second-order valence-electron chi connectivity index (χ2n) is 3.45. The number of nitrogens with one attached hydrogen (secondary N) is 1. The van der Waals surface area contributed by atoms with E-state index in [1.165, 1.54) is 0 Å². The van der Waals surface area contributed by atoms with Gasteiger partial charge in [0.1, 0.15) is 5.69 Å². The highest BCUT2D eigenvalue weighted by Crippen LogP contribution is 2.24. The Kier molecular flexibility index (Phi) is 3.17. The number of nitrogen functional groups attached to an aromatic ring is 2. The lowest BCUT2D eigenvalue weighted by Gasteiger charge is -2.07. The third-order valence-electron chi connectivity index (χ3n) is 2.20. The van der Waals surface area contributed by atoms with Crippen molar-refractivity contribution in [3.8, 4) is 6.07 Å². The molecule has 0 spiro atoms. The predicted octanol–water partition coefficient (Wildman–Crippen LogP) is 1.91. The number of nitrogens with zero attached hydrogens (tertiary/aromatic N) is 3. The Balaban J connectivity index is 2.26. The number of hydrogen-bond donors (Lipinski definition) is 3. The maximum Gasteiger partial charge on any atom is 0.230 e. The number of hydrogen-bond acceptors (Lipinski definition) is 6. The van der Waals surface area contributed by atoms with E-state index >= 15 is 0 Å². The monoisotopic (exact) mass is 260 g/mol. The minimum Gasteiger partial charge on any atom is -0.393 e. The highest BCUT2D eigenvalue weighted by atomic mass is 35.5. The van der Waals surface area contributed by atoms with Gasteiger partial charge in [-0.25, -0.2) is 0 Å². The summed E-state index contributed by atoms with van der Waals surface area (Å²) in [6.07, 6.45) is 0. The van der Waals surface area contributed by atoms with Crippen molar-refractivity contribution in [3.05, 3.63) is 35.0 Å². The summed E-state index contributed by atoms with van der Waals surface area (Å²) in [5.74, 6) is 0.363. The molecule has 0 fully saturated rings. The van der Waals surface area contributed by atoms with E-state index in [0.29, 0.717) is 11.3 Å². The summed E-state index contributed by atoms with van der Waals surface area (Å²) < 4.78 is 0. The molecule has 7 heteroatoms. The molecule has 0 saturated heterocycles. The summed E-state index contributed by atoms with van der Waals surface area (Å²) in [5.41, 5.74) is 12.6. The van der Waals surface area contributed by atoms with E-state index in [1.807, 2.05) is 6.07 Å². The van der Waals surface area contributed by atoms with Gasteiger partial charge in [0.15, 0.2) is 11.0 Å². The first-order valence-electron chi connectivity index (χ1n) is 4.96. The highest BCUT2D eigenvalue weighted by molar-refractivity contribution is 6.32. The van der Waals surface area contributed by atoms with E-state index in [1.54, 1.807) is 24.3 Å². The van der Waals surface area contributed by atoms with Crippen LogP contribution in [0.25, 0.3) is 0 Å². The largest absolute Gasteiger partial charge is 0.393 e. The lowest BCUT2D eigenvalue weighted by Crippen LogP contribution is -2.05. The molecule has 0 radical (unpaired) electrons. The predicted molar refractivity (Wildman–Crippen MR) is 70.3 cm³/mol. The zero-order chi connectivity index (χ0) is 13.1. The third-order valence-corrected chi connectivity index (χ3v) is 2.49. The molecule has 1 aromatic carbocycles. The van der Waals surface area contributed by atoms with Crippen LogP contribution in [0.15, 0.2) is 24.3 Å². The van der Waals surface area contributed by atoms with Crippen molar-refractivity contribution < 1.29 is 0 Å². The molecule has 1 heterocycles. The van der Waals surface area contributed by atoms with Crippen LogP contribution in [-0.2, 0) is 0 Å². The normalized spacial score (nSPS) is 9.78. The van der Waals surface area contributed by atoms with E-state index < -0.39 is 0 Å². The quantitative estimate of drug-likeness (QED) is 0.711. The molecule has 18 heavy (non-hydrogen) atoms. The molecule has 5 N–H and O–H groups in total. The van der Waals surface area contributed by atoms with Gasteiger partial charge < -0.3 is 16.8 Å². The summed E-state index contributed by atoms with van der Waals surface area (Å²) in [7, 11) is 0. The standard InChI is InChI=1S/C11H9ClN6/c12-9-8(14)10(15)18-11(17-9)16-7-3-1-6(5-13)2-4-7/h1-4H,14H2,(H3,15,16,17,18). The molecule has 0 saturated carbocycles. The maximum absolute atomic E-state index is 8.68. The molecule has 2 rings (SSSR count). The highest BCUT2D eigenvalue weighted by Gasteiger charge is 2.07. The smallest absolute Gasteiger partial charge is 0.230 e. The summed E-state index contributed by atoms with van der Waals surface area (Å²) in [5, 5.41) is 11.7. The van der Waals surface area contributed by atoms with E-state index in [2.05, 4.69) is 15.3 Å². The van der Waals surface area contributed by atoms with Crippen LogP contribution in [0.1, 0.15) is 5.56 Å². The van der Waals surface area contributed by atoms with Crippen LogP contribution in [0.4, 0.5) is 23.1 Å². The van der Waals surface area contributed by atoms with Crippen molar-refractivity contribution in [2.45, 2.75) is 0 Å². The van der Waals surface area contributed by atoms with Gasteiger partial charge in [-0.3, -0.25) is 0 Å². The Labute approximate surface area is 108 Å². The molecular formula is C11H9ClN6. The van der Waals surface area contributed by atoms with Gasteiger partial charge in [0.2, 0.25) is 5.95 Å². The van der Waals surface area contributed by atoms with Gasteiger partial charge in [-0.05, 0) is 24.3 Å².